The van der Waals surface area contributed by atoms with Crippen molar-refractivity contribution in [1.29, 1.82) is 0 Å². The molecule has 8 heteroatoms. The number of phenolic OH excluding ortho intramolecular Hbond substituents is 4. The lowest BCUT2D eigenvalue weighted by Gasteiger charge is -2.40. The van der Waals surface area contributed by atoms with Gasteiger partial charge >= 0.3 is 5.97 Å². The smallest absolute Gasteiger partial charge is 0.334 e. The molecule has 3 aromatic rings. The third kappa shape index (κ3) is 4.02. The Morgan fingerprint density at radius 2 is 1.62 bits per heavy atom. The van der Waals surface area contributed by atoms with Crippen LogP contribution in [0.5, 0.6) is 28.7 Å². The molecular formula is C24H21NO7. The number of carbonyl (C=O) groups excluding carboxylic acids is 2. The summed E-state index contributed by atoms with van der Waals surface area (Å²) in [6.45, 7) is 0. The fourth-order valence-electron chi connectivity index (χ4n) is 3.97. The lowest BCUT2D eigenvalue weighted by molar-refractivity contribution is -0.146. The highest BCUT2D eigenvalue weighted by atomic mass is 16.5. The van der Waals surface area contributed by atoms with Crippen LogP contribution in [0.25, 0.3) is 0 Å². The van der Waals surface area contributed by atoms with Crippen molar-refractivity contribution in [3.05, 3.63) is 77.4 Å². The van der Waals surface area contributed by atoms with E-state index in [0.29, 0.717) is 28.8 Å². The first-order chi connectivity index (χ1) is 15.4. The van der Waals surface area contributed by atoms with Gasteiger partial charge in [0.15, 0.2) is 23.0 Å². The minimum Gasteiger partial charge on any atom is -0.504 e. The van der Waals surface area contributed by atoms with Gasteiger partial charge in [-0.05, 0) is 59.5 Å². The fourth-order valence-corrected chi connectivity index (χ4v) is 3.97. The number of benzene rings is 3. The zero-order chi connectivity index (χ0) is 22.8. The van der Waals surface area contributed by atoms with Crippen molar-refractivity contribution in [3.8, 4) is 28.7 Å². The molecular weight excluding hydrogens is 414 g/mol. The molecule has 0 spiro atoms. The Morgan fingerprint density at radius 3 is 2.31 bits per heavy atom. The van der Waals surface area contributed by atoms with Crippen LogP contribution in [-0.4, -0.2) is 43.7 Å². The van der Waals surface area contributed by atoms with Crippen LogP contribution in [0.15, 0.2) is 60.7 Å². The molecule has 0 radical (unpaired) electrons. The highest BCUT2D eigenvalue weighted by Crippen LogP contribution is 2.41. The van der Waals surface area contributed by atoms with Crippen molar-refractivity contribution < 1.29 is 34.8 Å². The number of para-hydroxylation sites is 1. The number of amides is 1. The molecule has 0 unspecified atom stereocenters. The molecule has 1 aliphatic heterocycles. The summed E-state index contributed by atoms with van der Waals surface area (Å²) in [5.74, 6) is -1.58. The second kappa shape index (κ2) is 8.50. The van der Waals surface area contributed by atoms with E-state index in [-0.39, 0.29) is 35.8 Å². The van der Waals surface area contributed by atoms with Crippen molar-refractivity contribution >= 4 is 12.4 Å². The molecule has 32 heavy (non-hydrogen) atoms. The van der Waals surface area contributed by atoms with Crippen LogP contribution in [0.3, 0.4) is 0 Å². The predicted octanol–water partition coefficient (Wildman–Crippen LogP) is 2.78. The molecule has 0 saturated carbocycles. The van der Waals surface area contributed by atoms with Gasteiger partial charge in [0.05, 0.1) is 6.04 Å². The zero-order valence-electron chi connectivity index (χ0n) is 16.9. The first kappa shape index (κ1) is 21.0. The van der Waals surface area contributed by atoms with E-state index in [1.165, 1.54) is 29.2 Å². The van der Waals surface area contributed by atoms with Gasteiger partial charge in [0.25, 0.3) is 0 Å². The van der Waals surface area contributed by atoms with E-state index in [9.17, 15) is 30.0 Å². The van der Waals surface area contributed by atoms with Crippen molar-refractivity contribution in [2.45, 2.75) is 24.9 Å². The number of carbonyl (C=O) groups is 2. The average molecular weight is 435 g/mol. The molecule has 4 rings (SSSR count). The minimum absolute atomic E-state index is 0.0882. The number of hydrogen-bond donors (Lipinski definition) is 4. The summed E-state index contributed by atoms with van der Waals surface area (Å²) in [6.07, 6.45) is 0.818. The number of aromatic hydroxyl groups is 4. The van der Waals surface area contributed by atoms with Crippen molar-refractivity contribution in [2.75, 3.05) is 0 Å². The van der Waals surface area contributed by atoms with Gasteiger partial charge in [0, 0.05) is 6.42 Å². The summed E-state index contributed by atoms with van der Waals surface area (Å²) in [6, 6.07) is 13.8. The second-order valence-electron chi connectivity index (χ2n) is 7.59. The molecule has 1 aliphatic rings. The SMILES string of the molecule is O=CN1[C@H](C(=O)Oc2ccccc2)Cc2cc(O)c(O)cc2[C@@H]1Cc1ccc(O)c(O)c1. The third-order valence-electron chi connectivity index (χ3n) is 5.55. The Hall–Kier alpha value is -4.20. The predicted molar refractivity (Wildman–Crippen MR) is 113 cm³/mol. The Kier molecular flexibility index (Phi) is 5.59. The first-order valence-corrected chi connectivity index (χ1v) is 9.92. The largest absolute Gasteiger partial charge is 0.504 e. The third-order valence-corrected chi connectivity index (χ3v) is 5.55. The molecule has 0 aromatic heterocycles. The van der Waals surface area contributed by atoms with E-state index in [0.717, 1.165) is 0 Å². The van der Waals surface area contributed by atoms with Gasteiger partial charge in [-0.1, -0.05) is 24.3 Å². The van der Waals surface area contributed by atoms with E-state index in [1.807, 2.05) is 0 Å². The van der Waals surface area contributed by atoms with Crippen LogP contribution in [0.1, 0.15) is 22.7 Å². The first-order valence-electron chi connectivity index (χ1n) is 9.92. The molecule has 0 saturated heterocycles. The summed E-state index contributed by atoms with van der Waals surface area (Å²) < 4.78 is 5.46. The van der Waals surface area contributed by atoms with Crippen molar-refractivity contribution in [3.63, 3.8) is 0 Å². The van der Waals surface area contributed by atoms with E-state index >= 15 is 0 Å². The second-order valence-corrected chi connectivity index (χ2v) is 7.59. The highest BCUT2D eigenvalue weighted by Gasteiger charge is 2.39. The Labute approximate surface area is 183 Å². The Balaban J connectivity index is 1.73. The average Bonchev–Trinajstić information content (AvgIpc) is 2.78. The summed E-state index contributed by atoms with van der Waals surface area (Å²) in [5, 5.41) is 39.5. The topological polar surface area (TPSA) is 128 Å². The van der Waals surface area contributed by atoms with Gasteiger partial charge in [-0.15, -0.1) is 0 Å². The van der Waals surface area contributed by atoms with Crippen LogP contribution in [0.2, 0.25) is 0 Å². The molecule has 1 heterocycles. The van der Waals surface area contributed by atoms with E-state index in [1.54, 1.807) is 36.4 Å². The standard InChI is InChI=1S/C24H21NO7/c26-13-25-18(8-14-6-7-20(27)21(28)9-14)17-12-23(30)22(29)11-15(17)10-19(25)24(31)32-16-4-2-1-3-5-16/h1-7,9,11-13,18-19,27-30H,8,10H2/t18-,19-/m0/s1. The Morgan fingerprint density at radius 1 is 0.938 bits per heavy atom. The number of fused-ring (bicyclic) bond motifs is 1. The van der Waals surface area contributed by atoms with E-state index < -0.39 is 18.1 Å². The van der Waals surface area contributed by atoms with Gasteiger partial charge in [0.2, 0.25) is 6.41 Å². The number of phenols is 4. The van der Waals surface area contributed by atoms with Crippen LogP contribution < -0.4 is 4.74 Å². The number of ether oxygens (including phenoxy) is 1. The maximum atomic E-state index is 13.0. The fraction of sp³-hybridized carbons (Fsp3) is 0.167. The number of rotatable bonds is 5. The minimum atomic E-state index is -0.972. The maximum absolute atomic E-state index is 13.0. The lowest BCUT2D eigenvalue weighted by Crippen LogP contribution is -2.49. The van der Waals surface area contributed by atoms with Crippen LogP contribution in [0, 0.1) is 0 Å². The lowest BCUT2D eigenvalue weighted by atomic mass is 9.85. The van der Waals surface area contributed by atoms with E-state index in [4.69, 9.17) is 4.74 Å². The van der Waals surface area contributed by atoms with Gasteiger partial charge in [-0.2, -0.15) is 0 Å². The van der Waals surface area contributed by atoms with Crippen LogP contribution in [0.4, 0.5) is 0 Å². The van der Waals surface area contributed by atoms with Gasteiger partial charge in [0.1, 0.15) is 11.8 Å². The molecule has 4 N–H and O–H groups in total. The van der Waals surface area contributed by atoms with Crippen molar-refractivity contribution in [2.24, 2.45) is 0 Å². The van der Waals surface area contributed by atoms with E-state index in [2.05, 4.69) is 0 Å². The molecule has 0 bridgehead atoms. The molecule has 2 atom stereocenters. The molecule has 164 valence electrons. The van der Waals surface area contributed by atoms with Gasteiger partial charge in [-0.25, -0.2) is 4.79 Å². The zero-order valence-corrected chi connectivity index (χ0v) is 16.9. The quantitative estimate of drug-likeness (QED) is 0.210. The summed E-state index contributed by atoms with van der Waals surface area (Å²) >= 11 is 0. The normalized spacial score (nSPS) is 17.4. The summed E-state index contributed by atoms with van der Waals surface area (Å²) in [5.41, 5.74) is 1.73. The molecule has 3 aromatic carbocycles. The maximum Gasteiger partial charge on any atom is 0.334 e. The Bertz CT molecular complexity index is 1160. The molecule has 1 amide bonds. The number of esters is 1. The molecule has 0 fully saturated rings. The van der Waals surface area contributed by atoms with Gasteiger partial charge in [-0.3, -0.25) is 4.79 Å². The monoisotopic (exact) mass is 435 g/mol. The van der Waals surface area contributed by atoms with Crippen LogP contribution >= 0.6 is 0 Å². The summed E-state index contributed by atoms with van der Waals surface area (Å²) in [7, 11) is 0. The molecule has 8 nitrogen and oxygen atoms in total. The van der Waals surface area contributed by atoms with Crippen molar-refractivity contribution in [1.82, 2.24) is 4.90 Å². The van der Waals surface area contributed by atoms with Gasteiger partial charge < -0.3 is 30.1 Å². The molecule has 0 aliphatic carbocycles. The number of hydrogen-bond acceptors (Lipinski definition) is 7. The number of nitrogens with zero attached hydrogens (tertiary/aromatic N) is 1. The summed E-state index contributed by atoms with van der Waals surface area (Å²) in [4.78, 5) is 26.4. The highest BCUT2D eigenvalue weighted by molar-refractivity contribution is 5.82. The van der Waals surface area contributed by atoms with Crippen LogP contribution in [-0.2, 0) is 22.4 Å².